The van der Waals surface area contributed by atoms with Gasteiger partial charge in [-0.25, -0.2) is 4.79 Å². The van der Waals surface area contributed by atoms with Crippen molar-refractivity contribution in [1.82, 2.24) is 10.6 Å². The van der Waals surface area contributed by atoms with Crippen molar-refractivity contribution < 1.29 is 32.7 Å². The topological polar surface area (TPSA) is 108 Å². The Bertz CT molecular complexity index is 1250. The molecule has 2 amide bonds. The van der Waals surface area contributed by atoms with Crippen molar-refractivity contribution in [1.29, 1.82) is 0 Å². The molecular formula is C26H28Cl2F3N3O4. The van der Waals surface area contributed by atoms with Gasteiger partial charge in [-0.1, -0.05) is 62.2 Å². The highest BCUT2D eigenvalue weighted by molar-refractivity contribution is 6.31. The van der Waals surface area contributed by atoms with Crippen molar-refractivity contribution in [2.24, 2.45) is 5.41 Å². The second-order valence-corrected chi connectivity index (χ2v) is 11.3. The van der Waals surface area contributed by atoms with Crippen LogP contribution in [-0.4, -0.2) is 48.2 Å². The van der Waals surface area contributed by atoms with Gasteiger partial charge in [0.25, 0.3) is 0 Å². The van der Waals surface area contributed by atoms with E-state index in [0.717, 1.165) is 11.1 Å². The normalized spacial score (nSPS) is 24.3. The zero-order valence-corrected chi connectivity index (χ0v) is 22.6. The van der Waals surface area contributed by atoms with Crippen LogP contribution < -0.4 is 16.0 Å². The number of fused-ring (bicyclic) bond motifs is 2. The zero-order chi connectivity index (χ0) is 28.6. The number of carboxylic acid groups (broad SMARTS) is 1. The average molecular weight is 574 g/mol. The molecule has 206 valence electrons. The molecule has 1 spiro atoms. The molecule has 0 saturated carbocycles. The molecule has 2 aromatic carbocycles. The van der Waals surface area contributed by atoms with E-state index in [4.69, 9.17) is 33.1 Å². The number of hydrogen-bond acceptors (Lipinski definition) is 4. The SMILES string of the molecule is CNC(=O)[C@@H]1N[C@H](CC(C)(C)C)[C@]2(C(=O)Nc3cc(Cl)ccc32)[C@H]1c1cccc(Cl)c1.O=C(O)C(F)(F)F. The number of rotatable bonds is 3. The number of benzene rings is 2. The molecule has 12 heteroatoms. The van der Waals surface area contributed by atoms with Crippen molar-refractivity contribution in [3.63, 3.8) is 0 Å². The van der Waals surface area contributed by atoms with Gasteiger partial charge in [-0.15, -0.1) is 0 Å². The highest BCUT2D eigenvalue weighted by Gasteiger charge is 2.65. The summed E-state index contributed by atoms with van der Waals surface area (Å²) in [6, 6.07) is 12.1. The lowest BCUT2D eigenvalue weighted by molar-refractivity contribution is -0.192. The van der Waals surface area contributed by atoms with E-state index >= 15 is 0 Å². The predicted molar refractivity (Wildman–Crippen MR) is 138 cm³/mol. The Morgan fingerprint density at radius 2 is 1.68 bits per heavy atom. The molecule has 2 aromatic rings. The van der Waals surface area contributed by atoms with Crippen molar-refractivity contribution in [3.8, 4) is 0 Å². The molecule has 0 aromatic heterocycles. The summed E-state index contributed by atoms with van der Waals surface area (Å²) in [5, 5.41) is 17.6. The quantitative estimate of drug-likeness (QED) is 0.407. The fraction of sp³-hybridized carbons (Fsp3) is 0.423. The number of halogens is 5. The molecule has 7 nitrogen and oxygen atoms in total. The van der Waals surface area contributed by atoms with Gasteiger partial charge < -0.3 is 21.1 Å². The van der Waals surface area contributed by atoms with Gasteiger partial charge in [0, 0.05) is 34.7 Å². The van der Waals surface area contributed by atoms with Crippen LogP contribution in [0.3, 0.4) is 0 Å². The summed E-state index contributed by atoms with van der Waals surface area (Å²) in [6.07, 6.45) is -4.38. The Labute approximate surface area is 228 Å². The molecule has 1 saturated heterocycles. The highest BCUT2D eigenvalue weighted by atomic mass is 35.5. The number of aliphatic carboxylic acids is 1. The van der Waals surface area contributed by atoms with Crippen molar-refractivity contribution in [3.05, 3.63) is 63.6 Å². The van der Waals surface area contributed by atoms with Gasteiger partial charge >= 0.3 is 12.1 Å². The molecule has 38 heavy (non-hydrogen) atoms. The fourth-order valence-corrected chi connectivity index (χ4v) is 5.65. The summed E-state index contributed by atoms with van der Waals surface area (Å²) in [7, 11) is 1.62. The van der Waals surface area contributed by atoms with Crippen molar-refractivity contribution >= 4 is 46.7 Å². The Balaban J connectivity index is 0.000000505. The molecule has 4 rings (SSSR count). The first-order valence-electron chi connectivity index (χ1n) is 11.7. The standard InChI is InChI=1S/C24H27Cl2N3O2.C2HF3O2/c1-23(2,3)12-18-24(16-9-8-15(26)11-17(16)28-22(24)31)19(20(29-18)21(30)27-4)13-6-5-7-14(25)10-13;3-2(4,5)1(6)7/h5-11,18-20,29H,12H2,1-4H3,(H,27,30)(H,28,31);(H,6,7)/t18-,19+,20-,24+;/m1./s1. The second kappa shape index (κ2) is 10.7. The van der Waals surface area contributed by atoms with E-state index in [-0.39, 0.29) is 23.3 Å². The van der Waals surface area contributed by atoms with Crippen molar-refractivity contribution in [2.45, 2.75) is 56.8 Å². The summed E-state index contributed by atoms with van der Waals surface area (Å²) in [5.41, 5.74) is 1.36. The van der Waals surface area contributed by atoms with Crippen LogP contribution in [0.25, 0.3) is 0 Å². The number of alkyl halides is 3. The molecule has 0 unspecified atom stereocenters. The maximum atomic E-state index is 13.8. The number of carbonyl (C=O) groups is 3. The number of likely N-dealkylation sites (N-methyl/N-ethyl adjacent to an activating group) is 1. The van der Waals surface area contributed by atoms with E-state index < -0.39 is 29.5 Å². The summed E-state index contributed by atoms with van der Waals surface area (Å²) >= 11 is 12.6. The van der Waals surface area contributed by atoms with Crippen LogP contribution >= 0.6 is 23.2 Å². The fourth-order valence-electron chi connectivity index (χ4n) is 5.28. The smallest absolute Gasteiger partial charge is 0.475 e. The molecule has 1 fully saturated rings. The van der Waals surface area contributed by atoms with Crippen LogP contribution in [0.1, 0.15) is 44.2 Å². The molecule has 0 aliphatic carbocycles. The Hall–Kier alpha value is -2.82. The number of hydrogen-bond donors (Lipinski definition) is 4. The molecule has 0 bridgehead atoms. The van der Waals surface area contributed by atoms with Crippen LogP contribution in [-0.2, 0) is 19.8 Å². The first-order chi connectivity index (χ1) is 17.5. The average Bonchev–Trinajstić information content (AvgIpc) is 3.27. The van der Waals surface area contributed by atoms with E-state index in [0.29, 0.717) is 22.2 Å². The van der Waals surface area contributed by atoms with Gasteiger partial charge in [0.2, 0.25) is 11.8 Å². The Morgan fingerprint density at radius 1 is 1.08 bits per heavy atom. The minimum Gasteiger partial charge on any atom is -0.475 e. The number of carboxylic acids is 1. The summed E-state index contributed by atoms with van der Waals surface area (Å²) in [5.74, 6) is -3.48. The minimum absolute atomic E-state index is 0.0728. The third kappa shape index (κ3) is 5.77. The lowest BCUT2D eigenvalue weighted by atomic mass is 9.62. The Morgan fingerprint density at radius 3 is 2.21 bits per heavy atom. The summed E-state index contributed by atoms with van der Waals surface area (Å²) in [6.45, 7) is 6.42. The third-order valence-corrected chi connectivity index (χ3v) is 7.07. The van der Waals surface area contributed by atoms with Crippen LogP contribution in [0.4, 0.5) is 18.9 Å². The number of amides is 2. The maximum Gasteiger partial charge on any atom is 0.490 e. The Kier molecular flexibility index (Phi) is 8.41. The van der Waals surface area contributed by atoms with Gasteiger partial charge in [-0.05, 0) is 47.2 Å². The van der Waals surface area contributed by atoms with Gasteiger partial charge in [-0.3, -0.25) is 9.59 Å². The van der Waals surface area contributed by atoms with E-state index in [9.17, 15) is 22.8 Å². The van der Waals surface area contributed by atoms with Crippen LogP contribution in [0, 0.1) is 5.41 Å². The molecule has 2 aliphatic heterocycles. The zero-order valence-electron chi connectivity index (χ0n) is 21.0. The lowest BCUT2D eigenvalue weighted by Gasteiger charge is -2.37. The van der Waals surface area contributed by atoms with E-state index in [1.807, 2.05) is 24.3 Å². The first kappa shape index (κ1) is 29.7. The number of anilines is 1. The number of nitrogens with one attached hydrogen (secondary N) is 3. The summed E-state index contributed by atoms with van der Waals surface area (Å²) < 4.78 is 31.7. The van der Waals surface area contributed by atoms with Gasteiger partial charge in [0.05, 0.1) is 6.04 Å². The first-order valence-corrected chi connectivity index (χ1v) is 12.4. The maximum absolute atomic E-state index is 13.8. The van der Waals surface area contributed by atoms with Gasteiger partial charge in [0.1, 0.15) is 5.41 Å². The molecule has 4 N–H and O–H groups in total. The molecule has 2 aliphatic rings. The third-order valence-electron chi connectivity index (χ3n) is 6.60. The second-order valence-electron chi connectivity index (χ2n) is 10.4. The number of carbonyl (C=O) groups excluding carboxylic acids is 2. The van der Waals surface area contributed by atoms with Gasteiger partial charge in [0.15, 0.2) is 0 Å². The minimum atomic E-state index is -5.08. The largest absolute Gasteiger partial charge is 0.490 e. The molecular weight excluding hydrogens is 546 g/mol. The highest BCUT2D eigenvalue weighted by Crippen LogP contribution is 2.56. The van der Waals surface area contributed by atoms with E-state index in [1.54, 1.807) is 25.2 Å². The molecule has 4 atom stereocenters. The van der Waals surface area contributed by atoms with Crippen molar-refractivity contribution in [2.75, 3.05) is 12.4 Å². The predicted octanol–water partition coefficient (Wildman–Crippen LogP) is 5.12. The van der Waals surface area contributed by atoms with E-state index in [2.05, 4.69) is 36.7 Å². The van der Waals surface area contributed by atoms with Crippen LogP contribution in [0.5, 0.6) is 0 Å². The monoisotopic (exact) mass is 573 g/mol. The van der Waals surface area contributed by atoms with E-state index in [1.165, 1.54) is 0 Å². The molecule has 0 radical (unpaired) electrons. The lowest BCUT2D eigenvalue weighted by Crippen LogP contribution is -2.49. The van der Waals surface area contributed by atoms with Crippen LogP contribution in [0.2, 0.25) is 10.0 Å². The van der Waals surface area contributed by atoms with Gasteiger partial charge in [-0.2, -0.15) is 13.2 Å². The summed E-state index contributed by atoms with van der Waals surface area (Å²) in [4.78, 5) is 35.8. The van der Waals surface area contributed by atoms with Crippen LogP contribution in [0.15, 0.2) is 42.5 Å². The molecule has 2 heterocycles.